The summed E-state index contributed by atoms with van der Waals surface area (Å²) in [7, 11) is 0. The summed E-state index contributed by atoms with van der Waals surface area (Å²) >= 11 is 0. The number of nitrogens with two attached hydrogens (primary N) is 1. The van der Waals surface area contributed by atoms with Crippen LogP contribution in [-0.2, 0) is 14.3 Å². The summed E-state index contributed by atoms with van der Waals surface area (Å²) in [6, 6.07) is -0.172. The molecule has 0 bridgehead atoms. The van der Waals surface area contributed by atoms with Crippen molar-refractivity contribution in [1.82, 2.24) is 0 Å². The first-order chi connectivity index (χ1) is 6.79. The van der Waals surface area contributed by atoms with Crippen LogP contribution >= 0.6 is 0 Å². The molecule has 2 aliphatic rings. The Bertz CT molecular complexity index is 262. The molecule has 0 radical (unpaired) electrons. The predicted octanol–water partition coefficient (Wildman–Crippen LogP) is 0.223. The van der Waals surface area contributed by atoms with Crippen molar-refractivity contribution in [3.05, 3.63) is 11.8 Å². The fraction of sp³-hybridized carbons (Fsp3) is 0.700. The molecule has 2 atom stereocenters. The predicted molar refractivity (Wildman–Crippen MR) is 50.6 cm³/mol. The monoisotopic (exact) mass is 197 g/mol. The maximum Gasteiger partial charge on any atom is 0.204 e. The lowest BCUT2D eigenvalue weighted by atomic mass is 9.97. The van der Waals surface area contributed by atoms with Crippen molar-refractivity contribution in [2.75, 3.05) is 19.8 Å². The molecule has 1 fully saturated rings. The Kier molecular flexibility index (Phi) is 2.84. The van der Waals surface area contributed by atoms with E-state index in [4.69, 9.17) is 15.2 Å². The van der Waals surface area contributed by atoms with E-state index in [0.29, 0.717) is 25.6 Å². The molecule has 2 unspecified atom stereocenters. The molecule has 0 spiro atoms. The smallest absolute Gasteiger partial charge is 0.204 e. The van der Waals surface area contributed by atoms with Gasteiger partial charge in [0.2, 0.25) is 5.78 Å². The van der Waals surface area contributed by atoms with Crippen LogP contribution in [0.3, 0.4) is 0 Å². The van der Waals surface area contributed by atoms with Crippen molar-refractivity contribution >= 4 is 5.78 Å². The normalized spacial score (nSPS) is 32.2. The van der Waals surface area contributed by atoms with E-state index in [1.165, 1.54) is 0 Å². The van der Waals surface area contributed by atoms with Crippen molar-refractivity contribution in [2.24, 2.45) is 11.7 Å². The van der Waals surface area contributed by atoms with E-state index in [1.807, 2.05) is 6.08 Å². The maximum absolute atomic E-state index is 11.9. The summed E-state index contributed by atoms with van der Waals surface area (Å²) in [4.78, 5) is 11.9. The van der Waals surface area contributed by atoms with Crippen LogP contribution in [0.2, 0.25) is 0 Å². The Morgan fingerprint density at radius 3 is 2.93 bits per heavy atom. The molecule has 0 aromatic heterocycles. The fourth-order valence-electron chi connectivity index (χ4n) is 1.75. The van der Waals surface area contributed by atoms with Gasteiger partial charge in [0, 0.05) is 6.04 Å². The number of ether oxygens (including phenoxy) is 2. The van der Waals surface area contributed by atoms with Gasteiger partial charge in [0.25, 0.3) is 0 Å². The molecule has 0 aliphatic carbocycles. The second-order valence-corrected chi connectivity index (χ2v) is 3.73. The Balaban J connectivity index is 2.03. The van der Waals surface area contributed by atoms with Gasteiger partial charge in [0.15, 0.2) is 5.76 Å². The van der Waals surface area contributed by atoms with E-state index in [0.717, 1.165) is 12.8 Å². The molecule has 2 N–H and O–H groups in total. The zero-order valence-corrected chi connectivity index (χ0v) is 8.07. The van der Waals surface area contributed by atoms with E-state index >= 15 is 0 Å². The molecule has 0 aromatic rings. The average Bonchev–Trinajstić information content (AvgIpc) is 2.65. The van der Waals surface area contributed by atoms with Crippen molar-refractivity contribution in [2.45, 2.75) is 18.9 Å². The molecule has 1 saturated heterocycles. The highest BCUT2D eigenvalue weighted by Crippen LogP contribution is 2.20. The van der Waals surface area contributed by atoms with Gasteiger partial charge in [-0.15, -0.1) is 0 Å². The van der Waals surface area contributed by atoms with E-state index in [1.54, 1.807) is 0 Å². The van der Waals surface area contributed by atoms with E-state index in [-0.39, 0.29) is 17.7 Å². The summed E-state index contributed by atoms with van der Waals surface area (Å²) in [5.41, 5.74) is 5.76. The van der Waals surface area contributed by atoms with Crippen molar-refractivity contribution in [3.63, 3.8) is 0 Å². The SMILES string of the molecule is NC1COCC1C(=O)C1=CCCCO1. The van der Waals surface area contributed by atoms with E-state index < -0.39 is 0 Å². The van der Waals surface area contributed by atoms with Crippen LogP contribution in [0.15, 0.2) is 11.8 Å². The number of allylic oxidation sites excluding steroid dienone is 2. The zero-order valence-electron chi connectivity index (χ0n) is 8.07. The molecule has 2 aliphatic heterocycles. The molecular formula is C10H15NO3. The average molecular weight is 197 g/mol. The first kappa shape index (κ1) is 9.68. The van der Waals surface area contributed by atoms with Crippen LogP contribution in [0.25, 0.3) is 0 Å². The molecule has 0 amide bonds. The number of rotatable bonds is 2. The zero-order chi connectivity index (χ0) is 9.97. The van der Waals surface area contributed by atoms with Crippen LogP contribution in [0, 0.1) is 5.92 Å². The van der Waals surface area contributed by atoms with Crippen molar-refractivity contribution in [1.29, 1.82) is 0 Å². The molecular weight excluding hydrogens is 182 g/mol. The highest BCUT2D eigenvalue weighted by Gasteiger charge is 2.34. The first-order valence-electron chi connectivity index (χ1n) is 4.99. The second kappa shape index (κ2) is 4.11. The molecule has 4 nitrogen and oxygen atoms in total. The Hall–Kier alpha value is -0.870. The van der Waals surface area contributed by atoms with Crippen LogP contribution in [0.4, 0.5) is 0 Å². The highest BCUT2D eigenvalue weighted by atomic mass is 16.5. The minimum atomic E-state index is -0.209. The van der Waals surface area contributed by atoms with Gasteiger partial charge < -0.3 is 15.2 Å². The van der Waals surface area contributed by atoms with E-state index in [2.05, 4.69) is 0 Å². The lowest BCUT2D eigenvalue weighted by Crippen LogP contribution is -2.35. The molecule has 2 rings (SSSR count). The van der Waals surface area contributed by atoms with Gasteiger partial charge in [0.05, 0.1) is 25.7 Å². The summed E-state index contributed by atoms with van der Waals surface area (Å²) < 4.78 is 10.5. The summed E-state index contributed by atoms with van der Waals surface area (Å²) in [6.45, 7) is 1.55. The third kappa shape index (κ3) is 1.81. The molecule has 0 aromatic carbocycles. The number of carbonyl (C=O) groups is 1. The minimum Gasteiger partial charge on any atom is -0.490 e. The molecule has 78 valence electrons. The number of hydrogen-bond donors (Lipinski definition) is 1. The highest BCUT2D eigenvalue weighted by molar-refractivity contribution is 5.96. The van der Waals surface area contributed by atoms with Gasteiger partial charge in [-0.25, -0.2) is 0 Å². The number of hydrogen-bond acceptors (Lipinski definition) is 4. The van der Waals surface area contributed by atoms with Gasteiger partial charge in [-0.2, -0.15) is 0 Å². The molecule has 14 heavy (non-hydrogen) atoms. The van der Waals surface area contributed by atoms with Gasteiger partial charge in [0.1, 0.15) is 0 Å². The summed E-state index contributed by atoms with van der Waals surface area (Å²) in [5, 5.41) is 0. The van der Waals surface area contributed by atoms with Crippen LogP contribution in [0.1, 0.15) is 12.8 Å². The van der Waals surface area contributed by atoms with Crippen LogP contribution in [0.5, 0.6) is 0 Å². The van der Waals surface area contributed by atoms with Gasteiger partial charge in [-0.05, 0) is 18.9 Å². The Morgan fingerprint density at radius 2 is 2.36 bits per heavy atom. The van der Waals surface area contributed by atoms with Crippen LogP contribution in [-0.4, -0.2) is 31.6 Å². The van der Waals surface area contributed by atoms with E-state index in [9.17, 15) is 4.79 Å². The largest absolute Gasteiger partial charge is 0.490 e. The lowest BCUT2D eigenvalue weighted by molar-refractivity contribution is -0.123. The van der Waals surface area contributed by atoms with Crippen LogP contribution < -0.4 is 5.73 Å². The topological polar surface area (TPSA) is 61.5 Å². The maximum atomic E-state index is 11.9. The molecule has 4 heteroatoms. The quantitative estimate of drug-likeness (QED) is 0.688. The van der Waals surface area contributed by atoms with Crippen molar-refractivity contribution in [3.8, 4) is 0 Å². The summed E-state index contributed by atoms with van der Waals surface area (Å²) in [6.07, 6.45) is 3.77. The standard InChI is InChI=1S/C10H15NO3/c11-8-6-13-5-7(8)10(12)9-3-1-2-4-14-9/h3,7-8H,1-2,4-6,11H2. The molecule has 0 saturated carbocycles. The first-order valence-corrected chi connectivity index (χ1v) is 4.99. The van der Waals surface area contributed by atoms with Crippen molar-refractivity contribution < 1.29 is 14.3 Å². The summed E-state index contributed by atoms with van der Waals surface area (Å²) in [5.74, 6) is 0.288. The van der Waals surface area contributed by atoms with Gasteiger partial charge >= 0.3 is 0 Å². The Morgan fingerprint density at radius 1 is 1.50 bits per heavy atom. The minimum absolute atomic E-state index is 0.00898. The second-order valence-electron chi connectivity index (χ2n) is 3.73. The molecule has 2 heterocycles. The number of Topliss-reactive ketones (excluding diaryl/α,β-unsaturated/α-hetero) is 1. The number of ketones is 1. The van der Waals surface area contributed by atoms with Gasteiger partial charge in [-0.1, -0.05) is 0 Å². The lowest BCUT2D eigenvalue weighted by Gasteiger charge is -2.18. The third-order valence-electron chi connectivity index (χ3n) is 2.64. The van der Waals surface area contributed by atoms with Gasteiger partial charge in [-0.3, -0.25) is 4.79 Å². The fourth-order valence-corrected chi connectivity index (χ4v) is 1.75. The third-order valence-corrected chi connectivity index (χ3v) is 2.64. The number of carbonyl (C=O) groups excluding carboxylic acids is 1. The Labute approximate surface area is 83.1 Å².